The zero-order valence-corrected chi connectivity index (χ0v) is 20.4. The summed E-state index contributed by atoms with van der Waals surface area (Å²) in [5.41, 5.74) is 5.37. The van der Waals surface area contributed by atoms with Crippen molar-refractivity contribution < 1.29 is 27.6 Å². The van der Waals surface area contributed by atoms with Crippen molar-refractivity contribution >= 4 is 17.7 Å². The van der Waals surface area contributed by atoms with Crippen LogP contribution < -0.4 is 11.1 Å². The van der Waals surface area contributed by atoms with Gasteiger partial charge in [0.25, 0.3) is 5.91 Å². The first-order valence-electron chi connectivity index (χ1n) is 12.5. The van der Waals surface area contributed by atoms with E-state index in [-0.39, 0.29) is 23.4 Å². The molecule has 3 atom stereocenters. The first kappa shape index (κ1) is 26.7. The SMILES string of the molecule is NC(=O)[C@@H](NC(=O)[C@@H]1CCCC[C@H]1N1CCN(C(=O)c2cccc(C(F)(F)F)c2)CC1)c1ccccc1. The molecule has 0 aromatic heterocycles. The molecule has 1 aliphatic heterocycles. The zero-order valence-electron chi connectivity index (χ0n) is 20.4. The maximum absolute atomic E-state index is 13.3. The summed E-state index contributed by atoms with van der Waals surface area (Å²) >= 11 is 0. The first-order valence-corrected chi connectivity index (χ1v) is 12.5. The molecule has 37 heavy (non-hydrogen) atoms. The van der Waals surface area contributed by atoms with Crippen molar-refractivity contribution in [1.82, 2.24) is 15.1 Å². The number of primary amides is 1. The molecule has 4 rings (SSSR count). The number of hydrogen-bond acceptors (Lipinski definition) is 4. The lowest BCUT2D eigenvalue weighted by Crippen LogP contribution is -2.56. The molecule has 3 N–H and O–H groups in total. The lowest BCUT2D eigenvalue weighted by atomic mass is 9.82. The maximum atomic E-state index is 13.3. The van der Waals surface area contributed by atoms with Crippen molar-refractivity contribution in [3.63, 3.8) is 0 Å². The highest BCUT2D eigenvalue weighted by Gasteiger charge is 2.38. The molecular weight excluding hydrogens is 485 g/mol. The van der Waals surface area contributed by atoms with Crippen molar-refractivity contribution in [2.24, 2.45) is 11.7 Å². The molecule has 0 spiro atoms. The molecule has 10 heteroatoms. The second kappa shape index (κ2) is 11.3. The molecule has 2 aliphatic rings. The van der Waals surface area contributed by atoms with Gasteiger partial charge in [-0.15, -0.1) is 0 Å². The Morgan fingerprint density at radius 3 is 2.24 bits per heavy atom. The Morgan fingerprint density at radius 1 is 0.919 bits per heavy atom. The summed E-state index contributed by atoms with van der Waals surface area (Å²) in [5.74, 6) is -1.62. The molecule has 2 fully saturated rings. The summed E-state index contributed by atoms with van der Waals surface area (Å²) in [6.07, 6.45) is -1.16. The van der Waals surface area contributed by atoms with E-state index in [9.17, 15) is 27.6 Å². The lowest BCUT2D eigenvalue weighted by Gasteiger charge is -2.44. The predicted molar refractivity (Wildman–Crippen MR) is 131 cm³/mol. The largest absolute Gasteiger partial charge is 0.416 e. The lowest BCUT2D eigenvalue weighted by molar-refractivity contribution is -0.137. The molecule has 3 amide bonds. The number of nitrogens with two attached hydrogens (primary N) is 1. The molecule has 2 aromatic rings. The Labute approximate surface area is 213 Å². The summed E-state index contributed by atoms with van der Waals surface area (Å²) in [4.78, 5) is 42.0. The molecule has 7 nitrogen and oxygen atoms in total. The van der Waals surface area contributed by atoms with Crippen LogP contribution in [0.1, 0.15) is 53.2 Å². The summed E-state index contributed by atoms with van der Waals surface area (Å²) in [7, 11) is 0. The van der Waals surface area contributed by atoms with E-state index in [1.807, 2.05) is 6.07 Å². The predicted octanol–water partition coefficient (Wildman–Crippen LogP) is 3.36. The molecular formula is C27H31F3N4O3. The zero-order chi connectivity index (χ0) is 26.6. The fourth-order valence-corrected chi connectivity index (χ4v) is 5.34. The number of carbonyl (C=O) groups is 3. The van der Waals surface area contributed by atoms with Crippen LogP contribution in [0.4, 0.5) is 13.2 Å². The van der Waals surface area contributed by atoms with Crippen LogP contribution in [-0.2, 0) is 15.8 Å². The van der Waals surface area contributed by atoms with Crippen LogP contribution in [0, 0.1) is 5.92 Å². The molecule has 1 aliphatic carbocycles. The molecule has 2 aromatic carbocycles. The van der Waals surface area contributed by atoms with Crippen LogP contribution in [0.25, 0.3) is 0 Å². The number of alkyl halides is 3. The van der Waals surface area contributed by atoms with Crippen molar-refractivity contribution in [1.29, 1.82) is 0 Å². The van der Waals surface area contributed by atoms with Gasteiger partial charge < -0.3 is 16.0 Å². The van der Waals surface area contributed by atoms with Gasteiger partial charge in [-0.25, -0.2) is 0 Å². The van der Waals surface area contributed by atoms with Crippen LogP contribution in [0.15, 0.2) is 54.6 Å². The Balaban J connectivity index is 1.40. The van der Waals surface area contributed by atoms with Crippen LogP contribution in [-0.4, -0.2) is 59.7 Å². The topological polar surface area (TPSA) is 95.7 Å². The molecule has 198 valence electrons. The van der Waals surface area contributed by atoms with E-state index in [0.717, 1.165) is 31.4 Å². The molecule has 0 radical (unpaired) electrons. The quantitative estimate of drug-likeness (QED) is 0.616. The van der Waals surface area contributed by atoms with E-state index in [1.54, 1.807) is 29.2 Å². The molecule has 1 saturated heterocycles. The Morgan fingerprint density at radius 2 is 1.59 bits per heavy atom. The normalized spacial score (nSPS) is 21.8. The minimum atomic E-state index is -4.51. The monoisotopic (exact) mass is 516 g/mol. The van der Waals surface area contributed by atoms with E-state index >= 15 is 0 Å². The Hall–Kier alpha value is -3.40. The summed E-state index contributed by atoms with van der Waals surface area (Å²) in [5, 5.41) is 2.84. The second-order valence-electron chi connectivity index (χ2n) is 9.62. The van der Waals surface area contributed by atoms with Gasteiger partial charge in [0.05, 0.1) is 11.5 Å². The van der Waals surface area contributed by atoms with Gasteiger partial charge in [-0.1, -0.05) is 49.2 Å². The smallest absolute Gasteiger partial charge is 0.368 e. The summed E-state index contributed by atoms with van der Waals surface area (Å²) < 4.78 is 39.2. The highest BCUT2D eigenvalue weighted by Crippen LogP contribution is 2.32. The number of rotatable bonds is 6. The fraction of sp³-hybridized carbons (Fsp3) is 0.444. The van der Waals surface area contributed by atoms with Crippen molar-refractivity contribution in [3.8, 4) is 0 Å². The average molecular weight is 517 g/mol. The summed E-state index contributed by atoms with van der Waals surface area (Å²) in [6, 6.07) is 12.4. The number of halogens is 3. The first-order chi connectivity index (χ1) is 17.6. The van der Waals surface area contributed by atoms with Gasteiger partial charge in [0.1, 0.15) is 6.04 Å². The van der Waals surface area contributed by atoms with E-state index < -0.39 is 29.6 Å². The molecule has 0 bridgehead atoms. The Kier molecular flexibility index (Phi) is 8.16. The number of piperazine rings is 1. The van der Waals surface area contributed by atoms with Crippen LogP contribution in [0.5, 0.6) is 0 Å². The number of hydrogen-bond donors (Lipinski definition) is 2. The fourth-order valence-electron chi connectivity index (χ4n) is 5.34. The minimum Gasteiger partial charge on any atom is -0.368 e. The van der Waals surface area contributed by atoms with Crippen LogP contribution in [0.2, 0.25) is 0 Å². The number of carbonyl (C=O) groups excluding carboxylic acids is 3. The van der Waals surface area contributed by atoms with Gasteiger partial charge in [0, 0.05) is 37.8 Å². The van der Waals surface area contributed by atoms with Gasteiger partial charge in [0.15, 0.2) is 0 Å². The standard InChI is InChI=1S/C27H31F3N4O3/c28-27(29,30)20-10-6-9-19(17-20)26(37)34-15-13-33(14-16-34)22-12-5-4-11-21(22)25(36)32-23(24(31)35)18-7-2-1-3-8-18/h1-3,6-10,17,21-23H,4-5,11-16H2,(H2,31,35)(H,32,36)/t21-,22-,23+/m1/s1. The van der Waals surface area contributed by atoms with Gasteiger partial charge in [-0.3, -0.25) is 19.3 Å². The van der Waals surface area contributed by atoms with E-state index in [4.69, 9.17) is 5.73 Å². The third-order valence-electron chi connectivity index (χ3n) is 7.28. The molecule has 1 heterocycles. The van der Waals surface area contributed by atoms with Gasteiger partial charge in [-0.05, 0) is 36.6 Å². The van der Waals surface area contributed by atoms with Crippen molar-refractivity contribution in [3.05, 3.63) is 71.3 Å². The van der Waals surface area contributed by atoms with Crippen LogP contribution >= 0.6 is 0 Å². The minimum absolute atomic E-state index is 0.0107. The second-order valence-corrected chi connectivity index (χ2v) is 9.62. The highest BCUT2D eigenvalue weighted by atomic mass is 19.4. The molecule has 1 saturated carbocycles. The van der Waals surface area contributed by atoms with E-state index in [2.05, 4.69) is 10.2 Å². The maximum Gasteiger partial charge on any atom is 0.416 e. The third-order valence-corrected chi connectivity index (χ3v) is 7.28. The third kappa shape index (κ3) is 6.30. The van der Waals surface area contributed by atoms with Crippen molar-refractivity contribution in [2.75, 3.05) is 26.2 Å². The van der Waals surface area contributed by atoms with Gasteiger partial charge >= 0.3 is 6.18 Å². The van der Waals surface area contributed by atoms with Gasteiger partial charge in [-0.2, -0.15) is 13.2 Å². The van der Waals surface area contributed by atoms with Crippen molar-refractivity contribution in [2.45, 2.75) is 43.9 Å². The Bertz CT molecular complexity index is 1120. The van der Waals surface area contributed by atoms with E-state index in [0.29, 0.717) is 38.2 Å². The van der Waals surface area contributed by atoms with Gasteiger partial charge in [0.2, 0.25) is 11.8 Å². The average Bonchev–Trinajstić information content (AvgIpc) is 2.91. The van der Waals surface area contributed by atoms with Crippen LogP contribution in [0.3, 0.4) is 0 Å². The number of nitrogens with one attached hydrogen (secondary N) is 1. The molecule has 0 unspecified atom stereocenters. The number of amides is 3. The number of nitrogens with zero attached hydrogens (tertiary/aromatic N) is 2. The summed E-state index contributed by atoms with van der Waals surface area (Å²) in [6.45, 7) is 1.73. The highest BCUT2D eigenvalue weighted by molar-refractivity contribution is 5.94. The van der Waals surface area contributed by atoms with E-state index in [1.165, 1.54) is 12.1 Å². The number of benzene rings is 2.